The maximum atomic E-state index is 12.0. The molecule has 0 saturated carbocycles. The molecular formula is C11H12BrClN2O2. The van der Waals surface area contributed by atoms with Crippen LogP contribution in [0.15, 0.2) is 22.7 Å². The first-order valence-corrected chi connectivity index (χ1v) is 6.04. The van der Waals surface area contributed by atoms with Crippen molar-refractivity contribution in [1.29, 1.82) is 0 Å². The quantitative estimate of drug-likeness (QED) is 0.925. The Hall–Kier alpha value is -1.07. The molecule has 0 atom stereocenters. The number of carbonyl (C=O) groups is 2. The minimum Gasteiger partial charge on any atom is -0.358 e. The lowest BCUT2D eigenvalue weighted by atomic mass is 10.2. The Labute approximate surface area is 113 Å². The maximum absolute atomic E-state index is 12.0. The molecule has 0 spiro atoms. The highest BCUT2D eigenvalue weighted by molar-refractivity contribution is 9.10. The van der Waals surface area contributed by atoms with E-state index < -0.39 is 0 Å². The summed E-state index contributed by atoms with van der Waals surface area (Å²) >= 11 is 9.21. The predicted octanol–water partition coefficient (Wildman–Crippen LogP) is 1.92. The van der Waals surface area contributed by atoms with Crippen molar-refractivity contribution in [2.75, 3.05) is 20.6 Å². The zero-order chi connectivity index (χ0) is 13.0. The highest BCUT2D eigenvalue weighted by atomic mass is 79.9. The average molecular weight is 320 g/mol. The molecule has 0 heterocycles. The maximum Gasteiger partial charge on any atom is 0.255 e. The molecule has 0 aliphatic rings. The van der Waals surface area contributed by atoms with Gasteiger partial charge in [0.2, 0.25) is 5.91 Å². The summed E-state index contributed by atoms with van der Waals surface area (Å²) in [7, 11) is 3.07. The summed E-state index contributed by atoms with van der Waals surface area (Å²) in [5.74, 6) is -0.521. The number of carbonyl (C=O) groups excluding carboxylic acids is 2. The highest BCUT2D eigenvalue weighted by Gasteiger charge is 2.17. The smallest absolute Gasteiger partial charge is 0.255 e. The third kappa shape index (κ3) is 3.71. The molecule has 17 heavy (non-hydrogen) atoms. The summed E-state index contributed by atoms with van der Waals surface area (Å²) in [5.41, 5.74) is 0.368. The normalized spacial score (nSPS) is 9.88. The van der Waals surface area contributed by atoms with E-state index in [1.54, 1.807) is 25.2 Å². The summed E-state index contributed by atoms with van der Waals surface area (Å²) in [5, 5.41) is 2.82. The van der Waals surface area contributed by atoms with Crippen LogP contribution in [0.4, 0.5) is 0 Å². The van der Waals surface area contributed by atoms with E-state index >= 15 is 0 Å². The number of rotatable bonds is 3. The fourth-order valence-electron chi connectivity index (χ4n) is 1.23. The lowest BCUT2D eigenvalue weighted by Gasteiger charge is -2.16. The van der Waals surface area contributed by atoms with Crippen molar-refractivity contribution in [3.63, 3.8) is 0 Å². The Morgan fingerprint density at radius 1 is 1.47 bits per heavy atom. The van der Waals surface area contributed by atoms with Gasteiger partial charge >= 0.3 is 0 Å². The van der Waals surface area contributed by atoms with Gasteiger partial charge in [-0.25, -0.2) is 0 Å². The summed E-state index contributed by atoms with van der Waals surface area (Å²) in [6.07, 6.45) is 0. The molecule has 92 valence electrons. The van der Waals surface area contributed by atoms with E-state index in [1.165, 1.54) is 11.9 Å². The van der Waals surface area contributed by atoms with Crippen molar-refractivity contribution in [2.45, 2.75) is 0 Å². The Morgan fingerprint density at radius 2 is 2.12 bits per heavy atom. The van der Waals surface area contributed by atoms with Gasteiger partial charge < -0.3 is 10.2 Å². The molecule has 0 aliphatic heterocycles. The van der Waals surface area contributed by atoms with Gasteiger partial charge in [0.1, 0.15) is 0 Å². The Morgan fingerprint density at radius 3 is 2.71 bits per heavy atom. The van der Waals surface area contributed by atoms with Crippen molar-refractivity contribution < 1.29 is 9.59 Å². The molecule has 0 saturated heterocycles. The Kier molecular flexibility index (Phi) is 4.96. The van der Waals surface area contributed by atoms with Crippen LogP contribution in [0.3, 0.4) is 0 Å². The molecule has 2 amide bonds. The van der Waals surface area contributed by atoms with Gasteiger partial charge in [-0.3, -0.25) is 9.59 Å². The van der Waals surface area contributed by atoms with Crippen molar-refractivity contribution in [3.8, 4) is 0 Å². The van der Waals surface area contributed by atoms with E-state index in [0.717, 1.165) is 4.47 Å². The van der Waals surface area contributed by atoms with Gasteiger partial charge in [0, 0.05) is 18.6 Å². The van der Waals surface area contributed by atoms with Gasteiger partial charge in [-0.2, -0.15) is 0 Å². The number of amides is 2. The van der Waals surface area contributed by atoms with E-state index in [2.05, 4.69) is 21.2 Å². The molecule has 0 aliphatic carbocycles. The van der Waals surface area contributed by atoms with E-state index in [0.29, 0.717) is 10.6 Å². The van der Waals surface area contributed by atoms with Crippen LogP contribution in [0.1, 0.15) is 10.4 Å². The van der Waals surface area contributed by atoms with Crippen LogP contribution in [0.25, 0.3) is 0 Å². The lowest BCUT2D eigenvalue weighted by molar-refractivity contribution is -0.121. The standard InChI is InChI=1S/C11H12BrClN2O2/c1-14-10(16)6-15(2)11(17)8-5-7(12)3-4-9(8)13/h3-5H,6H2,1-2H3,(H,14,16). The second kappa shape index (κ2) is 6.02. The molecule has 1 N–H and O–H groups in total. The SMILES string of the molecule is CNC(=O)CN(C)C(=O)c1cc(Br)ccc1Cl. The molecule has 0 fully saturated rings. The topological polar surface area (TPSA) is 49.4 Å². The molecule has 0 aromatic heterocycles. The zero-order valence-electron chi connectivity index (χ0n) is 9.46. The zero-order valence-corrected chi connectivity index (χ0v) is 11.8. The van der Waals surface area contributed by atoms with Crippen molar-refractivity contribution >= 4 is 39.3 Å². The van der Waals surface area contributed by atoms with E-state index in [1.807, 2.05) is 0 Å². The fourth-order valence-corrected chi connectivity index (χ4v) is 1.79. The third-order valence-corrected chi connectivity index (χ3v) is 2.99. The first-order valence-electron chi connectivity index (χ1n) is 4.86. The molecule has 1 aromatic rings. The monoisotopic (exact) mass is 318 g/mol. The first kappa shape index (κ1) is 14.0. The van der Waals surface area contributed by atoms with Gasteiger partial charge in [-0.05, 0) is 18.2 Å². The van der Waals surface area contributed by atoms with Crippen molar-refractivity contribution in [1.82, 2.24) is 10.2 Å². The van der Waals surface area contributed by atoms with Crippen LogP contribution in [0.5, 0.6) is 0 Å². The molecule has 1 rings (SSSR count). The van der Waals surface area contributed by atoms with Gasteiger partial charge in [-0.15, -0.1) is 0 Å². The molecule has 4 nitrogen and oxygen atoms in total. The summed E-state index contributed by atoms with van der Waals surface area (Å²) in [6, 6.07) is 5.01. The molecule has 0 bridgehead atoms. The van der Waals surface area contributed by atoms with Crippen molar-refractivity contribution in [2.24, 2.45) is 0 Å². The predicted molar refractivity (Wildman–Crippen MR) is 70.2 cm³/mol. The molecule has 1 aromatic carbocycles. The molecule has 0 unspecified atom stereocenters. The van der Waals surface area contributed by atoms with Gasteiger partial charge in [-0.1, -0.05) is 27.5 Å². The lowest BCUT2D eigenvalue weighted by Crippen LogP contribution is -2.37. The van der Waals surface area contributed by atoms with Crippen molar-refractivity contribution in [3.05, 3.63) is 33.3 Å². The molecule has 0 radical (unpaired) electrons. The summed E-state index contributed by atoms with van der Waals surface area (Å²) < 4.78 is 0.763. The number of benzene rings is 1. The second-order valence-electron chi connectivity index (χ2n) is 3.46. The number of halogens is 2. The third-order valence-electron chi connectivity index (χ3n) is 2.17. The molecule has 6 heteroatoms. The van der Waals surface area contributed by atoms with Crippen LogP contribution in [0, 0.1) is 0 Å². The number of likely N-dealkylation sites (N-methyl/N-ethyl adjacent to an activating group) is 2. The second-order valence-corrected chi connectivity index (χ2v) is 4.78. The van der Waals surface area contributed by atoms with Gasteiger partial charge in [0.15, 0.2) is 0 Å². The highest BCUT2D eigenvalue weighted by Crippen LogP contribution is 2.22. The van der Waals surface area contributed by atoms with E-state index in [9.17, 15) is 9.59 Å². The largest absolute Gasteiger partial charge is 0.358 e. The number of nitrogens with zero attached hydrogens (tertiary/aromatic N) is 1. The average Bonchev–Trinajstić information content (AvgIpc) is 2.31. The Bertz CT molecular complexity index is 451. The van der Waals surface area contributed by atoms with Crippen LogP contribution < -0.4 is 5.32 Å². The minimum absolute atomic E-state index is 0.00181. The summed E-state index contributed by atoms with van der Waals surface area (Å²) in [4.78, 5) is 24.5. The van der Waals surface area contributed by atoms with E-state index in [4.69, 9.17) is 11.6 Å². The van der Waals surface area contributed by atoms with Crippen LogP contribution in [-0.4, -0.2) is 37.4 Å². The van der Waals surface area contributed by atoms with E-state index in [-0.39, 0.29) is 18.4 Å². The summed E-state index contributed by atoms with van der Waals surface area (Å²) in [6.45, 7) is -0.00181. The number of hydrogen-bond acceptors (Lipinski definition) is 2. The minimum atomic E-state index is -0.292. The van der Waals surface area contributed by atoms with Crippen LogP contribution in [0.2, 0.25) is 5.02 Å². The number of hydrogen-bond donors (Lipinski definition) is 1. The molecular weight excluding hydrogens is 307 g/mol. The fraction of sp³-hybridized carbons (Fsp3) is 0.273. The van der Waals surface area contributed by atoms with Crippen LogP contribution in [-0.2, 0) is 4.79 Å². The van der Waals surface area contributed by atoms with Crippen LogP contribution >= 0.6 is 27.5 Å². The van der Waals surface area contributed by atoms with Gasteiger partial charge in [0.25, 0.3) is 5.91 Å². The van der Waals surface area contributed by atoms with Gasteiger partial charge in [0.05, 0.1) is 17.1 Å². The number of nitrogens with one attached hydrogen (secondary N) is 1. The first-order chi connectivity index (χ1) is 7.95. The Balaban J connectivity index is 2.88.